The van der Waals surface area contributed by atoms with Crippen molar-refractivity contribution >= 4 is 24.6 Å². The van der Waals surface area contributed by atoms with Gasteiger partial charge in [-0.05, 0) is 67.0 Å². The van der Waals surface area contributed by atoms with E-state index in [1.54, 1.807) is 5.31 Å². The van der Waals surface area contributed by atoms with Crippen molar-refractivity contribution in [2.45, 2.75) is 57.0 Å². The van der Waals surface area contributed by atoms with E-state index in [1.807, 2.05) is 0 Å². The molecule has 1 fully saturated rings. The topological polar surface area (TPSA) is 35.1 Å². The van der Waals surface area contributed by atoms with Gasteiger partial charge in [0.1, 0.15) is 4.75 Å². The summed E-state index contributed by atoms with van der Waals surface area (Å²) < 4.78 is 17.2. The lowest BCUT2D eigenvalue weighted by Crippen LogP contribution is -2.46. The molecule has 6 atom stereocenters. The standard InChI is InChI=1S/C37H40NOPS/c1-26-34(31-19-13-8-14-20-31)40-25-37(26,5)32(29-17-11-7-12-18-29)35(40)33(38-41(39)36(2,3)4)30-23-21-28(22-24-30)27-15-9-6-10-16-27/h6-24,32-33,35,38H,25H2,1-5H3/t32-,33+,35+,37+,40-,41+/m0/s1. The summed E-state index contributed by atoms with van der Waals surface area (Å²) in [7, 11) is -0.521. The molecule has 2 bridgehead atoms. The van der Waals surface area contributed by atoms with Crippen LogP contribution < -0.4 is 4.72 Å². The predicted octanol–water partition coefficient (Wildman–Crippen LogP) is 9.55. The second-order valence-corrected chi connectivity index (χ2v) is 17.0. The van der Waals surface area contributed by atoms with Crippen LogP contribution in [0.5, 0.6) is 0 Å². The maximum atomic E-state index is 13.8. The van der Waals surface area contributed by atoms with Crippen molar-refractivity contribution in [2.24, 2.45) is 5.41 Å². The summed E-state index contributed by atoms with van der Waals surface area (Å²) in [6.07, 6.45) is 1.17. The first kappa shape index (κ1) is 28.4. The van der Waals surface area contributed by atoms with E-state index in [1.165, 1.54) is 39.6 Å². The Balaban J connectivity index is 1.50. The van der Waals surface area contributed by atoms with Crippen LogP contribution in [-0.2, 0) is 11.4 Å². The summed E-state index contributed by atoms with van der Waals surface area (Å²) >= 11 is -1.21. The summed E-state index contributed by atoms with van der Waals surface area (Å²) in [4.78, 5) is 0. The van der Waals surface area contributed by atoms with Crippen LogP contribution in [0.1, 0.15) is 63.3 Å². The van der Waals surface area contributed by atoms with Crippen LogP contribution in [0, 0.1) is 5.41 Å². The Morgan fingerprint density at radius 1 is 0.780 bits per heavy atom. The van der Waals surface area contributed by atoms with E-state index < -0.39 is 19.3 Å². The van der Waals surface area contributed by atoms with Gasteiger partial charge >= 0.3 is 0 Å². The third-order valence-electron chi connectivity index (χ3n) is 9.10. The van der Waals surface area contributed by atoms with Gasteiger partial charge in [0.2, 0.25) is 0 Å². The Morgan fingerprint density at radius 3 is 1.85 bits per heavy atom. The molecule has 1 N–H and O–H groups in total. The molecule has 2 aliphatic heterocycles. The Hall–Kier alpha value is -2.68. The molecule has 41 heavy (non-hydrogen) atoms. The summed E-state index contributed by atoms with van der Waals surface area (Å²) in [5, 5.41) is 1.55. The van der Waals surface area contributed by atoms with E-state index in [0.717, 1.165) is 0 Å². The van der Waals surface area contributed by atoms with Crippen molar-refractivity contribution in [3.05, 3.63) is 138 Å². The molecule has 0 radical (unpaired) electrons. The van der Waals surface area contributed by atoms with Crippen molar-refractivity contribution in [1.82, 2.24) is 4.72 Å². The van der Waals surface area contributed by atoms with Crippen molar-refractivity contribution in [2.75, 3.05) is 6.16 Å². The second-order valence-electron chi connectivity index (χ2n) is 12.7. The van der Waals surface area contributed by atoms with E-state index in [2.05, 4.69) is 155 Å². The van der Waals surface area contributed by atoms with Gasteiger partial charge in [-0.1, -0.05) is 136 Å². The number of hydrogen-bond acceptors (Lipinski definition) is 2. The van der Waals surface area contributed by atoms with Gasteiger partial charge < -0.3 is 4.55 Å². The fraction of sp³-hybridized carbons (Fsp3) is 0.297. The molecule has 4 heteroatoms. The number of nitrogens with one attached hydrogen (secondary N) is 1. The van der Waals surface area contributed by atoms with Crippen molar-refractivity contribution < 1.29 is 4.55 Å². The van der Waals surface area contributed by atoms with E-state index in [9.17, 15) is 4.55 Å². The van der Waals surface area contributed by atoms with Crippen LogP contribution in [0.15, 0.2) is 121 Å². The normalized spacial score (nSPS) is 25.4. The first-order valence-corrected chi connectivity index (χ1v) is 17.3. The molecule has 210 valence electrons. The zero-order valence-electron chi connectivity index (χ0n) is 24.7. The van der Waals surface area contributed by atoms with E-state index >= 15 is 0 Å². The van der Waals surface area contributed by atoms with E-state index in [0.29, 0.717) is 11.6 Å². The summed E-state index contributed by atoms with van der Waals surface area (Å²) in [5.41, 5.74) is 8.28. The zero-order valence-corrected chi connectivity index (χ0v) is 26.4. The minimum absolute atomic E-state index is 0.0372. The molecule has 2 aliphatic rings. The number of hydrogen-bond donors (Lipinski definition) is 1. The van der Waals surface area contributed by atoms with Gasteiger partial charge in [-0.3, -0.25) is 0 Å². The van der Waals surface area contributed by atoms with Crippen molar-refractivity contribution in [3.63, 3.8) is 0 Å². The Kier molecular flexibility index (Phi) is 7.76. The average Bonchev–Trinajstić information content (AvgIpc) is 3.44. The van der Waals surface area contributed by atoms with Crippen LogP contribution >= 0.6 is 7.92 Å². The first-order valence-electron chi connectivity index (χ1n) is 14.6. The SMILES string of the molecule is CC1=C(c2ccccc2)[P@]2C[C@@]1(C)[C@@H](c1ccccc1)[C@@H]2[C@H](N[S@+]([O-])C(C)(C)C)c1ccc(-c2ccccc2)cc1. The molecule has 0 spiro atoms. The lowest BCUT2D eigenvalue weighted by atomic mass is 9.67. The number of allylic oxidation sites excluding steroid dienone is 1. The van der Waals surface area contributed by atoms with Crippen LogP contribution in [0.4, 0.5) is 0 Å². The highest BCUT2D eigenvalue weighted by atomic mass is 32.2. The quantitative estimate of drug-likeness (QED) is 0.175. The van der Waals surface area contributed by atoms with E-state index in [4.69, 9.17) is 0 Å². The maximum Gasteiger partial charge on any atom is 0.136 e. The van der Waals surface area contributed by atoms with Gasteiger partial charge in [-0.2, -0.15) is 0 Å². The number of benzene rings is 4. The number of rotatable bonds is 7. The monoisotopic (exact) mass is 577 g/mol. The minimum Gasteiger partial charge on any atom is -0.598 e. The predicted molar refractivity (Wildman–Crippen MR) is 178 cm³/mol. The average molecular weight is 578 g/mol. The molecule has 0 aliphatic carbocycles. The third kappa shape index (κ3) is 5.23. The summed E-state index contributed by atoms with van der Waals surface area (Å²) in [5.74, 6) is 0.338. The Bertz CT molecular complexity index is 1510. The molecule has 2 heterocycles. The smallest absolute Gasteiger partial charge is 0.136 e. The van der Waals surface area contributed by atoms with Gasteiger partial charge in [-0.15, -0.1) is 4.72 Å². The molecule has 0 aromatic heterocycles. The first-order chi connectivity index (χ1) is 19.7. The molecular formula is C37H40NOPS. The van der Waals surface area contributed by atoms with Gasteiger partial charge in [0.05, 0.1) is 6.04 Å². The van der Waals surface area contributed by atoms with Gasteiger partial charge in [0, 0.05) is 28.4 Å². The Labute approximate surface area is 250 Å². The Morgan fingerprint density at radius 2 is 1.29 bits per heavy atom. The molecule has 0 unspecified atom stereocenters. The maximum absolute atomic E-state index is 13.8. The summed E-state index contributed by atoms with van der Waals surface area (Å²) in [6, 6.07) is 41.6. The molecule has 1 saturated heterocycles. The molecule has 4 aromatic rings. The zero-order chi connectivity index (χ0) is 28.8. The van der Waals surface area contributed by atoms with Gasteiger partial charge in [-0.25, -0.2) is 0 Å². The largest absolute Gasteiger partial charge is 0.598 e. The van der Waals surface area contributed by atoms with Crippen LogP contribution in [0.25, 0.3) is 16.4 Å². The van der Waals surface area contributed by atoms with E-state index in [-0.39, 0.29) is 16.2 Å². The van der Waals surface area contributed by atoms with Gasteiger partial charge in [0.15, 0.2) is 0 Å². The molecule has 2 nitrogen and oxygen atoms in total. The van der Waals surface area contributed by atoms with Gasteiger partial charge in [0.25, 0.3) is 0 Å². The van der Waals surface area contributed by atoms with Crippen molar-refractivity contribution in [1.29, 1.82) is 0 Å². The summed E-state index contributed by atoms with van der Waals surface area (Å²) in [6.45, 7) is 11.1. The molecular weight excluding hydrogens is 537 g/mol. The molecule has 0 amide bonds. The molecule has 4 aromatic carbocycles. The second kappa shape index (κ2) is 11.2. The third-order valence-corrected chi connectivity index (χ3v) is 14.2. The fourth-order valence-corrected chi connectivity index (χ4v) is 12.3. The van der Waals surface area contributed by atoms with Crippen LogP contribution in [-0.4, -0.2) is 21.1 Å². The van der Waals surface area contributed by atoms with Crippen LogP contribution in [0.3, 0.4) is 0 Å². The molecule has 6 rings (SSSR count). The highest BCUT2D eigenvalue weighted by Gasteiger charge is 2.61. The highest BCUT2D eigenvalue weighted by molar-refractivity contribution is 7.90. The highest BCUT2D eigenvalue weighted by Crippen LogP contribution is 2.80. The number of fused-ring (bicyclic) bond motifs is 2. The molecule has 0 saturated carbocycles. The van der Waals surface area contributed by atoms with Crippen LogP contribution in [0.2, 0.25) is 0 Å². The fourth-order valence-electron chi connectivity index (χ4n) is 6.90. The van der Waals surface area contributed by atoms with Crippen molar-refractivity contribution in [3.8, 4) is 11.1 Å². The lowest BCUT2D eigenvalue weighted by Gasteiger charge is -2.43. The minimum atomic E-state index is -1.21. The lowest BCUT2D eigenvalue weighted by molar-refractivity contribution is 0.345.